The Morgan fingerprint density at radius 2 is 1.38 bits per heavy atom. The summed E-state index contributed by atoms with van der Waals surface area (Å²) in [7, 11) is 0. The number of hydrogen-bond donors (Lipinski definition) is 2. The fourth-order valence-electron chi connectivity index (χ4n) is 1.99. The van der Waals surface area contributed by atoms with Crippen molar-refractivity contribution in [3.63, 3.8) is 0 Å². The first kappa shape index (κ1) is 27.4. The molecule has 0 aliphatic rings. The smallest absolute Gasteiger partial charge is 1.00 e. The quantitative estimate of drug-likeness (QED) is 0.295. The number of amides is 1. The van der Waals surface area contributed by atoms with E-state index in [4.69, 9.17) is 5.11 Å². The maximum atomic E-state index is 11.3. The van der Waals surface area contributed by atoms with Crippen LogP contribution in [0.1, 0.15) is 80.4 Å². The van der Waals surface area contributed by atoms with E-state index in [-0.39, 0.29) is 103 Å². The number of carbonyl (C=O) groups is 2. The zero-order valence-corrected chi connectivity index (χ0v) is 19.4. The molecule has 0 atom stereocenters. The van der Waals surface area contributed by atoms with Crippen LogP contribution in [0.25, 0.3) is 0 Å². The van der Waals surface area contributed by atoms with Crippen LogP contribution in [0.15, 0.2) is 0 Å². The van der Waals surface area contributed by atoms with E-state index >= 15 is 0 Å². The molecule has 0 fully saturated rings. The third-order valence-corrected chi connectivity index (χ3v) is 3.17. The summed E-state index contributed by atoms with van der Waals surface area (Å²) < 4.78 is 0. The fourth-order valence-corrected chi connectivity index (χ4v) is 1.99. The van der Waals surface area contributed by atoms with Crippen LogP contribution in [-0.2, 0) is 9.59 Å². The molecule has 0 aromatic carbocycles. The molecule has 0 bridgehead atoms. The molecular formula is C15H31KNNaO3. The number of carbonyl (C=O) groups excluding carboxylic acids is 1. The third-order valence-electron chi connectivity index (χ3n) is 3.17. The summed E-state index contributed by atoms with van der Waals surface area (Å²) >= 11 is 0. The van der Waals surface area contributed by atoms with Crippen LogP contribution >= 0.6 is 0 Å². The van der Waals surface area contributed by atoms with Crippen LogP contribution in [-0.4, -0.2) is 23.5 Å². The summed E-state index contributed by atoms with van der Waals surface area (Å²) in [5.74, 6) is -0.896. The maximum absolute atomic E-state index is 11.3. The summed E-state index contributed by atoms with van der Waals surface area (Å²) in [4.78, 5) is 21.6. The van der Waals surface area contributed by atoms with Crippen LogP contribution in [0, 0.1) is 0 Å². The minimum atomic E-state index is -0.872. The van der Waals surface area contributed by atoms with Crippen molar-refractivity contribution in [2.24, 2.45) is 0 Å². The number of hydrogen-bond acceptors (Lipinski definition) is 2. The molecule has 1 amide bonds. The second kappa shape index (κ2) is 21.6. The number of carboxylic acids is 1. The van der Waals surface area contributed by atoms with Gasteiger partial charge in [-0.1, -0.05) is 58.3 Å². The fraction of sp³-hybridized carbons (Fsp3) is 0.867. The van der Waals surface area contributed by atoms with E-state index in [1.165, 1.54) is 44.9 Å². The van der Waals surface area contributed by atoms with E-state index in [9.17, 15) is 9.59 Å². The molecular weight excluding hydrogens is 304 g/mol. The maximum Gasteiger partial charge on any atom is 1.00 e. The van der Waals surface area contributed by atoms with Gasteiger partial charge in [-0.15, -0.1) is 0 Å². The van der Waals surface area contributed by atoms with Crippen LogP contribution < -0.4 is 86.3 Å². The monoisotopic (exact) mass is 335 g/mol. The van der Waals surface area contributed by atoms with E-state index in [0.29, 0.717) is 6.42 Å². The molecule has 6 heteroatoms. The van der Waals surface area contributed by atoms with E-state index in [1.54, 1.807) is 0 Å². The molecule has 0 unspecified atom stereocenters. The van der Waals surface area contributed by atoms with Gasteiger partial charge in [0, 0.05) is 13.0 Å². The molecule has 0 saturated carbocycles. The van der Waals surface area contributed by atoms with E-state index < -0.39 is 5.97 Å². The first-order chi connectivity index (χ1) is 9.16. The van der Waals surface area contributed by atoms with Gasteiger partial charge in [0.2, 0.25) is 5.91 Å². The van der Waals surface area contributed by atoms with Crippen LogP contribution in [0.4, 0.5) is 0 Å². The molecule has 0 aliphatic carbocycles. The van der Waals surface area contributed by atoms with Crippen molar-refractivity contribution in [3.05, 3.63) is 0 Å². The third kappa shape index (κ3) is 24.0. The molecule has 0 radical (unpaired) electrons. The Morgan fingerprint density at radius 1 is 0.905 bits per heavy atom. The van der Waals surface area contributed by atoms with Gasteiger partial charge in [0.05, 0.1) is 6.42 Å². The minimum absolute atomic E-state index is 0. The predicted molar refractivity (Wildman–Crippen MR) is 79.3 cm³/mol. The van der Waals surface area contributed by atoms with Crippen molar-refractivity contribution in [1.29, 1.82) is 0 Å². The second-order valence-electron chi connectivity index (χ2n) is 5.07. The van der Waals surface area contributed by atoms with Crippen molar-refractivity contribution in [2.75, 3.05) is 6.54 Å². The largest absolute Gasteiger partial charge is 1.00 e. The normalized spacial score (nSPS) is 9.38. The van der Waals surface area contributed by atoms with Gasteiger partial charge < -0.3 is 13.3 Å². The SMILES string of the molecule is CCCCCCCCCCCC(=O)NCCC(=O)O.[H-].[H-].[K+].[Na+]. The number of rotatable bonds is 13. The Bertz CT molecular complexity index is 263. The summed E-state index contributed by atoms with van der Waals surface area (Å²) in [6.45, 7) is 2.47. The van der Waals surface area contributed by atoms with Crippen molar-refractivity contribution in [1.82, 2.24) is 5.32 Å². The topological polar surface area (TPSA) is 66.4 Å². The van der Waals surface area contributed by atoms with Crippen molar-refractivity contribution in [2.45, 2.75) is 77.6 Å². The summed E-state index contributed by atoms with van der Waals surface area (Å²) in [5.41, 5.74) is 0. The molecule has 2 N–H and O–H groups in total. The van der Waals surface area contributed by atoms with Crippen LogP contribution in [0.2, 0.25) is 0 Å². The number of carboxylic acid groups (broad SMARTS) is 1. The molecule has 0 saturated heterocycles. The molecule has 0 aromatic heterocycles. The molecule has 0 rings (SSSR count). The Kier molecular flexibility index (Phi) is 28.2. The summed E-state index contributed by atoms with van der Waals surface area (Å²) in [6.07, 6.45) is 11.6. The van der Waals surface area contributed by atoms with Crippen molar-refractivity contribution >= 4 is 11.9 Å². The van der Waals surface area contributed by atoms with Gasteiger partial charge in [-0.2, -0.15) is 0 Å². The molecule has 0 aliphatic heterocycles. The second-order valence-corrected chi connectivity index (χ2v) is 5.07. The summed E-state index contributed by atoms with van der Waals surface area (Å²) in [5, 5.41) is 11.0. The standard InChI is InChI=1S/C15H29NO3.K.Na.2H/c1-2-3-4-5-6-7-8-9-10-11-14(17)16-13-12-15(18)19;;;;/h2-13H2,1H3,(H,16,17)(H,18,19);;;;/q;2*+1;2*-1. The van der Waals surface area contributed by atoms with Gasteiger partial charge >= 0.3 is 86.9 Å². The Labute approximate surface area is 197 Å². The van der Waals surface area contributed by atoms with Gasteiger partial charge in [0.1, 0.15) is 0 Å². The van der Waals surface area contributed by atoms with Gasteiger partial charge in [-0.3, -0.25) is 9.59 Å². The summed E-state index contributed by atoms with van der Waals surface area (Å²) in [6, 6.07) is 0. The van der Waals surface area contributed by atoms with E-state index in [1.807, 2.05) is 0 Å². The van der Waals surface area contributed by atoms with E-state index in [2.05, 4.69) is 12.2 Å². The van der Waals surface area contributed by atoms with Gasteiger partial charge in [-0.05, 0) is 6.42 Å². The predicted octanol–water partition coefficient (Wildman–Crippen LogP) is -2.27. The van der Waals surface area contributed by atoms with E-state index in [0.717, 1.165) is 12.8 Å². The zero-order valence-electron chi connectivity index (χ0n) is 16.2. The molecule has 0 spiro atoms. The first-order valence-corrected chi connectivity index (χ1v) is 7.65. The van der Waals surface area contributed by atoms with Crippen LogP contribution in [0.5, 0.6) is 0 Å². The van der Waals surface area contributed by atoms with Crippen molar-refractivity contribution in [3.8, 4) is 0 Å². The number of nitrogens with one attached hydrogen (secondary N) is 1. The average molecular weight is 336 g/mol. The molecule has 116 valence electrons. The molecule has 0 heterocycles. The van der Waals surface area contributed by atoms with Gasteiger partial charge in [-0.25, -0.2) is 0 Å². The Balaban J connectivity index is -0.000000270. The number of aliphatic carboxylic acids is 1. The zero-order chi connectivity index (χ0) is 14.3. The molecule has 21 heavy (non-hydrogen) atoms. The average Bonchev–Trinajstić information content (AvgIpc) is 2.36. The van der Waals surface area contributed by atoms with Crippen LogP contribution in [0.3, 0.4) is 0 Å². The molecule has 4 nitrogen and oxygen atoms in total. The minimum Gasteiger partial charge on any atom is -1.00 e. The van der Waals surface area contributed by atoms with Gasteiger partial charge in [0.15, 0.2) is 0 Å². The van der Waals surface area contributed by atoms with Crippen molar-refractivity contribution < 1.29 is 98.5 Å². The van der Waals surface area contributed by atoms with Gasteiger partial charge in [0.25, 0.3) is 0 Å². The Morgan fingerprint density at radius 3 is 1.86 bits per heavy atom. The number of unbranched alkanes of at least 4 members (excludes halogenated alkanes) is 8. The first-order valence-electron chi connectivity index (χ1n) is 7.65. The molecule has 0 aromatic rings. The Hall–Kier alpha value is 1.58.